The zero-order chi connectivity index (χ0) is 53.3. The molecule has 0 saturated carbocycles. The van der Waals surface area contributed by atoms with Gasteiger partial charge in [0, 0.05) is 52.9 Å². The molecule has 0 aromatic heterocycles. The Kier molecular flexibility index (Phi) is 27.7. The smallest absolute Gasteiger partial charge is 0.245 e. The van der Waals surface area contributed by atoms with Gasteiger partial charge in [0.05, 0.1) is 82.3 Å². The largest absolute Gasteiger partial charge is 0.423 e. The molecule has 3 rings (SSSR count). The van der Waals surface area contributed by atoms with Crippen molar-refractivity contribution in [2.24, 2.45) is 29.4 Å². The van der Waals surface area contributed by atoms with E-state index in [-0.39, 0.29) is 66.0 Å². The molecule has 1 fully saturated rings. The van der Waals surface area contributed by atoms with Crippen LogP contribution in [0.4, 0.5) is 0 Å². The van der Waals surface area contributed by atoms with Gasteiger partial charge in [0.15, 0.2) is 0 Å². The summed E-state index contributed by atoms with van der Waals surface area (Å²) in [6, 6.07) is 15.0. The molecule has 2 aromatic carbocycles. The molecular weight excluding hydrogens is 921 g/mol. The Morgan fingerprint density at radius 2 is 1.39 bits per heavy atom. The topological polar surface area (TPSA) is 231 Å². The summed E-state index contributed by atoms with van der Waals surface area (Å²) >= 11 is 0. The summed E-state index contributed by atoms with van der Waals surface area (Å²) in [6.45, 7) is 17.6. The normalized spacial score (nSPS) is 17.2. The highest BCUT2D eigenvalue weighted by atomic mass is 16.5. The predicted octanol–water partition coefficient (Wildman–Crippen LogP) is 4.76. The third-order valence-electron chi connectivity index (χ3n) is 13.6. The van der Waals surface area contributed by atoms with E-state index in [0.29, 0.717) is 84.1 Å². The van der Waals surface area contributed by atoms with Crippen LogP contribution in [0.15, 0.2) is 60.7 Å². The molecule has 404 valence electrons. The Morgan fingerprint density at radius 1 is 0.792 bits per heavy atom. The number of nitrogens with one attached hydrogen (secondary N) is 4. The summed E-state index contributed by atoms with van der Waals surface area (Å²) in [6.07, 6.45) is 0.812. The Labute approximate surface area is 429 Å². The van der Waals surface area contributed by atoms with Gasteiger partial charge in [-0.2, -0.15) is 0 Å². The molecular formula is C54H88N8O10. The van der Waals surface area contributed by atoms with Crippen molar-refractivity contribution in [1.82, 2.24) is 25.3 Å². The number of amides is 4. The maximum absolute atomic E-state index is 14.7. The first-order valence-corrected chi connectivity index (χ1v) is 25.7. The molecule has 0 aliphatic carbocycles. The quantitative estimate of drug-likeness (QED) is 0.0371. The number of methoxy groups -OCH3 is 2. The number of likely N-dealkylation sites (tertiary alicyclic amines) is 1. The third-order valence-corrected chi connectivity index (χ3v) is 13.6. The molecule has 0 spiro atoms. The molecule has 6 N–H and O–H groups in total. The fourth-order valence-electron chi connectivity index (χ4n) is 9.45. The van der Waals surface area contributed by atoms with Crippen LogP contribution < -0.4 is 16.4 Å². The van der Waals surface area contributed by atoms with E-state index in [1.807, 2.05) is 89.9 Å². The van der Waals surface area contributed by atoms with Crippen molar-refractivity contribution in [3.05, 3.63) is 71.8 Å². The fourth-order valence-corrected chi connectivity index (χ4v) is 9.45. The van der Waals surface area contributed by atoms with Crippen LogP contribution >= 0.6 is 0 Å². The van der Waals surface area contributed by atoms with E-state index in [1.165, 1.54) is 7.11 Å². The minimum absolute atomic E-state index is 0.0337. The van der Waals surface area contributed by atoms with E-state index < -0.39 is 48.3 Å². The van der Waals surface area contributed by atoms with E-state index in [0.717, 1.165) is 5.56 Å². The van der Waals surface area contributed by atoms with Crippen LogP contribution in [0.3, 0.4) is 0 Å². The molecule has 18 nitrogen and oxygen atoms in total. The van der Waals surface area contributed by atoms with Crippen molar-refractivity contribution in [3.63, 3.8) is 0 Å². The van der Waals surface area contributed by atoms with Crippen LogP contribution in [-0.2, 0) is 54.0 Å². The summed E-state index contributed by atoms with van der Waals surface area (Å²) in [5.74, 6) is -2.77. The van der Waals surface area contributed by atoms with Gasteiger partial charge in [-0.1, -0.05) is 103 Å². The average Bonchev–Trinajstić information content (AvgIpc) is 3.85. The van der Waals surface area contributed by atoms with Crippen LogP contribution in [0.5, 0.6) is 0 Å². The SMILES string of the molecule is CC[C@H](C)C([C@@H](CC(=O)N1CCC[C@H]1[C@H](OC)[C@@H](C)C(=O)NC(Cc1ccccc1)C(=N)OC(=N)c1ccccc1)OC)N(C)C(=O)[C@@H](NC(=O)[C@H](C(C)C)N(C)CCOCCOCCOCCN)C(C)C. The Hall–Kier alpha value is -4.82. The molecule has 9 atom stereocenters. The van der Waals surface area contributed by atoms with Gasteiger partial charge >= 0.3 is 0 Å². The molecule has 18 heteroatoms. The van der Waals surface area contributed by atoms with Crippen molar-refractivity contribution in [2.75, 3.05) is 87.6 Å². The van der Waals surface area contributed by atoms with Crippen molar-refractivity contribution in [2.45, 2.75) is 123 Å². The number of nitrogens with zero attached hydrogens (tertiary/aromatic N) is 3. The number of hydrogen-bond donors (Lipinski definition) is 5. The fraction of sp³-hybridized carbons (Fsp3) is 0.667. The highest BCUT2D eigenvalue weighted by Gasteiger charge is 2.43. The highest BCUT2D eigenvalue weighted by molar-refractivity contribution is 6.01. The molecule has 72 heavy (non-hydrogen) atoms. The second kappa shape index (κ2) is 32.4. The lowest BCUT2D eigenvalue weighted by atomic mass is 9.89. The monoisotopic (exact) mass is 1010 g/mol. The van der Waals surface area contributed by atoms with Crippen LogP contribution in [0, 0.1) is 34.5 Å². The zero-order valence-electron chi connectivity index (χ0n) is 45.0. The van der Waals surface area contributed by atoms with Crippen molar-refractivity contribution in [3.8, 4) is 0 Å². The number of likely N-dealkylation sites (N-methyl/N-ethyl adjacent to an activating group) is 2. The van der Waals surface area contributed by atoms with E-state index >= 15 is 0 Å². The lowest BCUT2D eigenvalue weighted by molar-refractivity contribution is -0.148. The molecule has 0 radical (unpaired) electrons. The van der Waals surface area contributed by atoms with Crippen LogP contribution in [-0.4, -0.2) is 180 Å². The molecule has 4 amide bonds. The van der Waals surface area contributed by atoms with Crippen molar-refractivity contribution in [1.29, 1.82) is 10.8 Å². The van der Waals surface area contributed by atoms with E-state index in [2.05, 4.69) is 10.6 Å². The number of carbonyl (C=O) groups excluding carboxylic acids is 4. The maximum atomic E-state index is 14.7. The molecule has 1 saturated heterocycles. The van der Waals surface area contributed by atoms with Gasteiger partial charge in [0.25, 0.3) is 0 Å². The first-order chi connectivity index (χ1) is 34.4. The first-order valence-electron chi connectivity index (χ1n) is 25.7. The summed E-state index contributed by atoms with van der Waals surface area (Å²) in [5, 5.41) is 23.5. The minimum atomic E-state index is -0.897. The predicted molar refractivity (Wildman–Crippen MR) is 280 cm³/mol. The Morgan fingerprint density at radius 3 is 1.94 bits per heavy atom. The highest BCUT2D eigenvalue weighted by Crippen LogP contribution is 2.30. The summed E-state index contributed by atoms with van der Waals surface area (Å²) in [4.78, 5) is 62.8. The van der Waals surface area contributed by atoms with Crippen LogP contribution in [0.25, 0.3) is 0 Å². The summed E-state index contributed by atoms with van der Waals surface area (Å²) in [5.41, 5.74) is 6.80. The summed E-state index contributed by atoms with van der Waals surface area (Å²) in [7, 11) is 6.67. The van der Waals surface area contributed by atoms with Gasteiger partial charge in [-0.05, 0) is 55.3 Å². The minimum Gasteiger partial charge on any atom is -0.423 e. The molecule has 1 heterocycles. The van der Waals surface area contributed by atoms with E-state index in [4.69, 9.17) is 45.0 Å². The van der Waals surface area contributed by atoms with Gasteiger partial charge in [0.1, 0.15) is 12.1 Å². The summed E-state index contributed by atoms with van der Waals surface area (Å²) < 4.78 is 34.5. The lowest BCUT2D eigenvalue weighted by Gasteiger charge is -2.41. The molecule has 1 aliphatic heterocycles. The standard InChI is InChI=1S/C54H88N8O10/c1-12-38(6)48(61(9)54(66)46(36(2)3)59-53(65)47(37(4)5)60(8)27-29-70-31-33-71-32-30-69-28-25-55)44(67-10)35-45(63)62-26-19-24-43(62)49(68-11)39(7)52(64)58-42(34-40-20-15-13-16-21-40)51(57)72-50(56)41-22-17-14-18-23-41/h13-18,20-23,36-39,42-44,46-49,56-57H,12,19,24-35,55H2,1-11H3,(H,58,64)(H,59,65)/t38-,39+,42?,43-,44+,46-,47-,48?,49+/m0/s1. The van der Waals surface area contributed by atoms with Crippen LogP contribution in [0.2, 0.25) is 0 Å². The van der Waals surface area contributed by atoms with Gasteiger partial charge < -0.3 is 54.6 Å². The van der Waals surface area contributed by atoms with Gasteiger partial charge in [-0.25, -0.2) is 0 Å². The van der Waals surface area contributed by atoms with Gasteiger partial charge in [0.2, 0.25) is 35.4 Å². The molecule has 2 aromatic rings. The second-order valence-electron chi connectivity index (χ2n) is 19.5. The number of nitrogens with two attached hydrogens (primary N) is 1. The average molecular weight is 1010 g/mol. The number of ether oxygens (including phenoxy) is 6. The number of rotatable bonds is 33. The van der Waals surface area contributed by atoms with Gasteiger partial charge in [-0.15, -0.1) is 0 Å². The first kappa shape index (κ1) is 61.5. The van der Waals surface area contributed by atoms with Crippen molar-refractivity contribution < 1.29 is 47.6 Å². The second-order valence-corrected chi connectivity index (χ2v) is 19.5. The number of benzene rings is 2. The molecule has 0 bridgehead atoms. The number of hydrogen-bond acceptors (Lipinski definition) is 14. The molecule has 2 unspecified atom stereocenters. The van der Waals surface area contributed by atoms with Crippen LogP contribution in [0.1, 0.15) is 85.3 Å². The van der Waals surface area contributed by atoms with Crippen molar-refractivity contribution >= 4 is 35.4 Å². The van der Waals surface area contributed by atoms with E-state index in [9.17, 15) is 19.2 Å². The molecule has 1 aliphatic rings. The Balaban J connectivity index is 1.73. The van der Waals surface area contributed by atoms with Gasteiger partial charge in [-0.3, -0.25) is 34.9 Å². The zero-order valence-corrected chi connectivity index (χ0v) is 45.0. The van der Waals surface area contributed by atoms with E-state index in [1.54, 1.807) is 55.1 Å². The third kappa shape index (κ3) is 18.9. The lowest BCUT2D eigenvalue weighted by Crippen LogP contribution is -2.60. The maximum Gasteiger partial charge on any atom is 0.245 e. The Bertz CT molecular complexity index is 1940. The number of carbonyl (C=O) groups is 4.